The van der Waals surface area contributed by atoms with Gasteiger partial charge in [0.2, 0.25) is 9.84 Å². The number of para-hydroxylation sites is 2. The molecule has 4 rings (SSSR count). The lowest BCUT2D eigenvalue weighted by Crippen LogP contribution is -2.04. The maximum Gasteiger partial charge on any atom is 0.226 e. The number of sulfone groups is 1. The number of fused-ring (bicyclic) bond motifs is 1. The van der Waals surface area contributed by atoms with Crippen LogP contribution in [-0.4, -0.2) is 18.2 Å². The average molecular weight is 334 g/mol. The van der Waals surface area contributed by atoms with E-state index in [1.165, 1.54) is 0 Å². The third-order valence-electron chi connectivity index (χ3n) is 3.86. The van der Waals surface area contributed by atoms with Gasteiger partial charge in [-0.2, -0.15) is 5.10 Å². The molecule has 0 spiro atoms. The van der Waals surface area contributed by atoms with Gasteiger partial charge < -0.3 is 0 Å². The summed E-state index contributed by atoms with van der Waals surface area (Å²) in [4.78, 5) is 0.244. The third-order valence-corrected chi connectivity index (χ3v) is 5.57. The largest absolute Gasteiger partial charge is 0.232 e. The number of aromatic nitrogens is 2. The Hall–Kier alpha value is -2.92. The van der Waals surface area contributed by atoms with Gasteiger partial charge in [0.25, 0.3) is 0 Å². The molecule has 0 saturated heterocycles. The van der Waals surface area contributed by atoms with Crippen LogP contribution < -0.4 is 0 Å². The molecule has 0 saturated carbocycles. The minimum absolute atomic E-state index is 0.0770. The first-order valence-corrected chi connectivity index (χ1v) is 8.99. The molecular weight excluding hydrogens is 320 g/mol. The van der Waals surface area contributed by atoms with E-state index in [9.17, 15) is 8.42 Å². The smallest absolute Gasteiger partial charge is 0.226 e. The summed E-state index contributed by atoms with van der Waals surface area (Å²) in [6.07, 6.45) is 0. The van der Waals surface area contributed by atoms with Gasteiger partial charge in [-0.3, -0.25) is 0 Å². The summed E-state index contributed by atoms with van der Waals surface area (Å²) in [5, 5.41) is 5.13. The van der Waals surface area contributed by atoms with Crippen molar-refractivity contribution < 1.29 is 8.42 Å². The molecule has 0 aliphatic carbocycles. The maximum absolute atomic E-state index is 13.0. The fourth-order valence-corrected chi connectivity index (χ4v) is 4.10. The zero-order valence-corrected chi connectivity index (χ0v) is 13.5. The van der Waals surface area contributed by atoms with E-state index in [0.717, 1.165) is 11.2 Å². The summed E-state index contributed by atoms with van der Waals surface area (Å²) in [6, 6.07) is 25.3. The highest BCUT2D eigenvalue weighted by Crippen LogP contribution is 2.29. The number of rotatable bonds is 3. The Morgan fingerprint density at radius 3 is 2.00 bits per heavy atom. The molecule has 4 aromatic rings. The second kappa shape index (κ2) is 5.62. The van der Waals surface area contributed by atoms with Crippen LogP contribution in [0.5, 0.6) is 0 Å². The van der Waals surface area contributed by atoms with E-state index in [-0.39, 0.29) is 9.92 Å². The molecule has 0 atom stereocenters. The Balaban J connectivity index is 2.01. The lowest BCUT2D eigenvalue weighted by molar-refractivity contribution is 0.591. The highest BCUT2D eigenvalue weighted by atomic mass is 32.2. The molecule has 4 nitrogen and oxygen atoms in total. The first-order valence-electron chi connectivity index (χ1n) is 7.51. The minimum atomic E-state index is -3.68. The Labute approximate surface area is 139 Å². The fraction of sp³-hybridized carbons (Fsp3) is 0. The maximum atomic E-state index is 13.0. The van der Waals surface area contributed by atoms with Gasteiger partial charge >= 0.3 is 0 Å². The van der Waals surface area contributed by atoms with Gasteiger partial charge in [-0.1, -0.05) is 48.5 Å². The van der Waals surface area contributed by atoms with Crippen molar-refractivity contribution in [3.63, 3.8) is 0 Å². The molecule has 1 aromatic heterocycles. The molecule has 1 heterocycles. The van der Waals surface area contributed by atoms with Crippen LogP contribution >= 0.6 is 0 Å². The van der Waals surface area contributed by atoms with Crippen LogP contribution in [0.1, 0.15) is 0 Å². The zero-order valence-electron chi connectivity index (χ0n) is 12.7. The quantitative estimate of drug-likeness (QED) is 0.572. The van der Waals surface area contributed by atoms with Crippen LogP contribution in [0.3, 0.4) is 0 Å². The SMILES string of the molecule is O=S(=O)(c1ccccc1)c1nn(-c2ccccc2)c2ccccc12. The van der Waals surface area contributed by atoms with E-state index in [1.807, 2.05) is 48.5 Å². The minimum Gasteiger partial charge on any atom is -0.232 e. The van der Waals surface area contributed by atoms with E-state index in [4.69, 9.17) is 0 Å². The average Bonchev–Trinajstić information content (AvgIpc) is 3.04. The van der Waals surface area contributed by atoms with Crippen molar-refractivity contribution in [1.82, 2.24) is 9.78 Å². The van der Waals surface area contributed by atoms with Crippen molar-refractivity contribution in [3.05, 3.63) is 84.9 Å². The van der Waals surface area contributed by atoms with Crippen LogP contribution in [0.15, 0.2) is 94.9 Å². The van der Waals surface area contributed by atoms with Gasteiger partial charge in [0.05, 0.1) is 16.1 Å². The van der Waals surface area contributed by atoms with Crippen molar-refractivity contribution in [2.75, 3.05) is 0 Å². The standard InChI is InChI=1S/C19H14N2O2S/c22-24(23,16-11-5-2-6-12-16)19-17-13-7-8-14-18(17)21(20-19)15-9-3-1-4-10-15/h1-14H. The van der Waals surface area contributed by atoms with Gasteiger partial charge in [-0.15, -0.1) is 0 Å². The molecule has 118 valence electrons. The summed E-state index contributed by atoms with van der Waals surface area (Å²) >= 11 is 0. The second-order valence-corrected chi connectivity index (χ2v) is 7.25. The Morgan fingerprint density at radius 2 is 1.29 bits per heavy atom. The van der Waals surface area contributed by atoms with Crippen LogP contribution in [0.4, 0.5) is 0 Å². The summed E-state index contributed by atoms with van der Waals surface area (Å²) in [6.45, 7) is 0. The predicted octanol–water partition coefficient (Wildman–Crippen LogP) is 3.86. The Kier molecular flexibility index (Phi) is 3.43. The Bertz CT molecular complexity index is 1100. The summed E-state index contributed by atoms with van der Waals surface area (Å²) in [7, 11) is -3.68. The van der Waals surface area contributed by atoms with Gasteiger partial charge in [0.15, 0.2) is 5.03 Å². The van der Waals surface area contributed by atoms with E-state index in [0.29, 0.717) is 5.39 Å². The van der Waals surface area contributed by atoms with Crippen LogP contribution in [-0.2, 0) is 9.84 Å². The van der Waals surface area contributed by atoms with Crippen LogP contribution in [0.2, 0.25) is 0 Å². The molecule has 0 N–H and O–H groups in total. The molecule has 3 aromatic carbocycles. The van der Waals surface area contributed by atoms with Crippen molar-refractivity contribution in [2.45, 2.75) is 9.92 Å². The number of benzene rings is 3. The lowest BCUT2D eigenvalue weighted by Gasteiger charge is -2.02. The summed E-state index contributed by atoms with van der Waals surface area (Å²) < 4.78 is 27.7. The van der Waals surface area contributed by atoms with Gasteiger partial charge in [0, 0.05) is 5.39 Å². The third kappa shape index (κ3) is 2.30. The highest BCUT2D eigenvalue weighted by Gasteiger charge is 2.25. The van der Waals surface area contributed by atoms with Crippen molar-refractivity contribution in [1.29, 1.82) is 0 Å². The summed E-state index contributed by atoms with van der Waals surface area (Å²) in [5.74, 6) is 0. The van der Waals surface area contributed by atoms with Crippen LogP contribution in [0, 0.1) is 0 Å². The van der Waals surface area contributed by atoms with Crippen molar-refractivity contribution in [2.24, 2.45) is 0 Å². The van der Waals surface area contributed by atoms with Crippen LogP contribution in [0.25, 0.3) is 16.6 Å². The normalized spacial score (nSPS) is 11.7. The topological polar surface area (TPSA) is 52.0 Å². The first kappa shape index (κ1) is 14.7. The second-order valence-electron chi connectivity index (χ2n) is 5.39. The zero-order chi connectivity index (χ0) is 16.6. The Morgan fingerprint density at radius 1 is 0.708 bits per heavy atom. The van der Waals surface area contributed by atoms with E-state index < -0.39 is 9.84 Å². The molecule has 0 unspecified atom stereocenters. The van der Waals surface area contributed by atoms with Crippen molar-refractivity contribution in [3.8, 4) is 5.69 Å². The van der Waals surface area contributed by atoms with E-state index in [2.05, 4.69) is 5.10 Å². The molecule has 0 radical (unpaired) electrons. The van der Waals surface area contributed by atoms with Gasteiger partial charge in [-0.05, 0) is 36.4 Å². The molecule has 0 aliphatic heterocycles. The summed E-state index contributed by atoms with van der Waals surface area (Å²) in [5.41, 5.74) is 1.58. The predicted molar refractivity (Wildman–Crippen MR) is 93.0 cm³/mol. The molecule has 5 heteroatoms. The molecule has 24 heavy (non-hydrogen) atoms. The molecule has 0 amide bonds. The molecule has 0 bridgehead atoms. The highest BCUT2D eigenvalue weighted by molar-refractivity contribution is 7.91. The molecular formula is C19H14N2O2S. The number of hydrogen-bond acceptors (Lipinski definition) is 3. The van der Waals surface area contributed by atoms with E-state index in [1.54, 1.807) is 41.1 Å². The molecule has 0 fully saturated rings. The number of nitrogens with zero attached hydrogens (tertiary/aromatic N) is 2. The fourth-order valence-electron chi connectivity index (χ4n) is 2.71. The van der Waals surface area contributed by atoms with Gasteiger partial charge in [-0.25, -0.2) is 13.1 Å². The number of hydrogen-bond donors (Lipinski definition) is 0. The van der Waals surface area contributed by atoms with E-state index >= 15 is 0 Å². The first-order chi connectivity index (χ1) is 11.7. The van der Waals surface area contributed by atoms with Crippen molar-refractivity contribution >= 4 is 20.7 Å². The monoisotopic (exact) mass is 334 g/mol. The lowest BCUT2D eigenvalue weighted by atomic mass is 10.2. The van der Waals surface area contributed by atoms with Gasteiger partial charge in [0.1, 0.15) is 0 Å². The molecule has 0 aliphatic rings.